The minimum atomic E-state index is 0.0132. The number of piperidine rings is 1. The van der Waals surface area contributed by atoms with Gasteiger partial charge >= 0.3 is 0 Å². The largest absolute Gasteiger partial charge is 0.372 e. The van der Waals surface area contributed by atoms with Crippen molar-refractivity contribution in [2.75, 3.05) is 39.5 Å². The third kappa shape index (κ3) is 3.22. The van der Waals surface area contributed by atoms with Gasteiger partial charge in [-0.1, -0.05) is 11.6 Å². The summed E-state index contributed by atoms with van der Waals surface area (Å²) in [6.45, 7) is 1.57. The first-order valence-electron chi connectivity index (χ1n) is 6.82. The number of likely N-dealkylation sites (tertiary alicyclic amines) is 1. The predicted octanol–water partition coefficient (Wildman–Crippen LogP) is 1.94. The molecule has 1 N–H and O–H groups in total. The average Bonchev–Trinajstić information content (AvgIpc) is 2.46. The molecule has 0 radical (unpaired) electrons. The van der Waals surface area contributed by atoms with Crippen LogP contribution in [0.4, 0.5) is 5.82 Å². The molecule has 1 aliphatic rings. The zero-order valence-electron chi connectivity index (χ0n) is 12.2. The number of nitrogens with zero attached hydrogens (tertiary/aromatic N) is 3. The number of carbonyl (C=O) groups excluding carboxylic acids is 1. The van der Waals surface area contributed by atoms with Crippen molar-refractivity contribution in [2.24, 2.45) is 0 Å². The monoisotopic (exact) mass is 296 g/mol. The van der Waals surface area contributed by atoms with Crippen LogP contribution in [0.3, 0.4) is 0 Å². The standard InChI is InChI=1S/C14H21ClN4O/c1-16-13-12(15)8-10(9-17-13)14(20)19-6-4-11(5-7-19)18(2)3/h8-9,11H,4-7H2,1-3H3,(H,16,17). The molecule has 1 amide bonds. The van der Waals surface area contributed by atoms with Crippen molar-refractivity contribution >= 4 is 23.3 Å². The van der Waals surface area contributed by atoms with Crippen LogP contribution in [0.5, 0.6) is 0 Å². The number of nitrogens with one attached hydrogen (secondary N) is 1. The number of amides is 1. The van der Waals surface area contributed by atoms with E-state index in [0.29, 0.717) is 22.4 Å². The van der Waals surface area contributed by atoms with Gasteiger partial charge in [-0.2, -0.15) is 0 Å². The fourth-order valence-electron chi connectivity index (χ4n) is 2.51. The third-order valence-corrected chi connectivity index (χ3v) is 4.10. The Bertz CT molecular complexity index is 484. The highest BCUT2D eigenvalue weighted by atomic mass is 35.5. The van der Waals surface area contributed by atoms with Gasteiger partial charge in [0.15, 0.2) is 0 Å². The molecule has 1 aliphatic heterocycles. The number of halogens is 1. The molecule has 0 aliphatic carbocycles. The molecule has 6 heteroatoms. The first-order valence-corrected chi connectivity index (χ1v) is 7.19. The molecule has 1 saturated heterocycles. The Balaban J connectivity index is 2.04. The first-order chi connectivity index (χ1) is 9.52. The van der Waals surface area contributed by atoms with Gasteiger partial charge in [0.1, 0.15) is 5.82 Å². The van der Waals surface area contributed by atoms with Crippen molar-refractivity contribution in [3.05, 3.63) is 22.8 Å². The fraction of sp³-hybridized carbons (Fsp3) is 0.571. The molecule has 2 rings (SSSR count). The summed E-state index contributed by atoms with van der Waals surface area (Å²) in [5.41, 5.74) is 0.553. The molecule has 0 aromatic carbocycles. The maximum atomic E-state index is 12.4. The number of hydrogen-bond acceptors (Lipinski definition) is 4. The highest BCUT2D eigenvalue weighted by Gasteiger charge is 2.25. The SMILES string of the molecule is CNc1ncc(C(=O)N2CCC(N(C)C)CC2)cc1Cl. The van der Waals surface area contributed by atoms with Gasteiger partial charge in [0.25, 0.3) is 5.91 Å². The van der Waals surface area contributed by atoms with E-state index in [4.69, 9.17) is 11.6 Å². The van der Waals surface area contributed by atoms with E-state index in [2.05, 4.69) is 29.3 Å². The topological polar surface area (TPSA) is 48.5 Å². The molecule has 1 aromatic rings. The number of aromatic nitrogens is 1. The minimum absolute atomic E-state index is 0.0132. The fourth-order valence-corrected chi connectivity index (χ4v) is 2.77. The van der Waals surface area contributed by atoms with Crippen LogP contribution in [0, 0.1) is 0 Å². The molecular formula is C14H21ClN4O. The average molecular weight is 297 g/mol. The number of rotatable bonds is 3. The van der Waals surface area contributed by atoms with Crippen LogP contribution in [-0.2, 0) is 0 Å². The normalized spacial score (nSPS) is 16.6. The predicted molar refractivity (Wildman–Crippen MR) is 81.4 cm³/mol. The van der Waals surface area contributed by atoms with Gasteiger partial charge in [-0.05, 0) is 33.0 Å². The number of carbonyl (C=O) groups is 1. The summed E-state index contributed by atoms with van der Waals surface area (Å²) in [6.07, 6.45) is 3.60. The van der Waals surface area contributed by atoms with E-state index in [1.807, 2.05) is 4.90 Å². The van der Waals surface area contributed by atoms with E-state index < -0.39 is 0 Å². The number of pyridine rings is 1. The van der Waals surface area contributed by atoms with Gasteiger partial charge in [-0.3, -0.25) is 4.79 Å². The van der Waals surface area contributed by atoms with Crippen LogP contribution in [-0.4, -0.2) is 61.0 Å². The van der Waals surface area contributed by atoms with Crippen LogP contribution in [0.25, 0.3) is 0 Å². The number of anilines is 1. The van der Waals surface area contributed by atoms with E-state index in [-0.39, 0.29) is 5.91 Å². The zero-order valence-corrected chi connectivity index (χ0v) is 12.9. The Morgan fingerprint density at radius 1 is 1.45 bits per heavy atom. The van der Waals surface area contributed by atoms with Crippen molar-refractivity contribution < 1.29 is 4.79 Å². The molecule has 1 fully saturated rings. The highest BCUT2D eigenvalue weighted by molar-refractivity contribution is 6.33. The summed E-state index contributed by atoms with van der Waals surface area (Å²) in [7, 11) is 5.92. The molecule has 5 nitrogen and oxygen atoms in total. The molecule has 20 heavy (non-hydrogen) atoms. The van der Waals surface area contributed by atoms with Crippen molar-refractivity contribution in [1.29, 1.82) is 0 Å². The van der Waals surface area contributed by atoms with Crippen LogP contribution in [0.2, 0.25) is 5.02 Å². The quantitative estimate of drug-likeness (QED) is 0.926. The summed E-state index contributed by atoms with van der Waals surface area (Å²) in [5.74, 6) is 0.605. The lowest BCUT2D eigenvalue weighted by Gasteiger charge is -2.35. The smallest absolute Gasteiger partial charge is 0.255 e. The van der Waals surface area contributed by atoms with Gasteiger partial charge in [0, 0.05) is 32.4 Å². The molecule has 110 valence electrons. The Hall–Kier alpha value is -1.33. The van der Waals surface area contributed by atoms with Crippen LogP contribution >= 0.6 is 11.6 Å². The van der Waals surface area contributed by atoms with Crippen LogP contribution in [0.1, 0.15) is 23.2 Å². The van der Waals surface area contributed by atoms with Crippen LogP contribution < -0.4 is 5.32 Å². The van der Waals surface area contributed by atoms with Gasteiger partial charge in [-0.25, -0.2) is 4.98 Å². The highest BCUT2D eigenvalue weighted by Crippen LogP contribution is 2.22. The summed E-state index contributed by atoms with van der Waals surface area (Å²) in [5, 5.41) is 3.36. The van der Waals surface area contributed by atoms with E-state index in [1.165, 1.54) is 0 Å². The third-order valence-electron chi connectivity index (χ3n) is 3.81. The van der Waals surface area contributed by atoms with Gasteiger partial charge in [-0.15, -0.1) is 0 Å². The van der Waals surface area contributed by atoms with E-state index >= 15 is 0 Å². The summed E-state index contributed by atoms with van der Waals surface area (Å²) in [4.78, 5) is 20.7. The lowest BCUT2D eigenvalue weighted by atomic mass is 10.0. The Labute approximate surface area is 124 Å². The lowest BCUT2D eigenvalue weighted by Crippen LogP contribution is -2.44. The minimum Gasteiger partial charge on any atom is -0.372 e. The zero-order chi connectivity index (χ0) is 14.7. The lowest BCUT2D eigenvalue weighted by molar-refractivity contribution is 0.0663. The molecule has 1 aromatic heterocycles. The Kier molecular flexibility index (Phi) is 4.83. The molecule has 0 unspecified atom stereocenters. The van der Waals surface area contributed by atoms with Gasteiger partial charge in [0.2, 0.25) is 0 Å². The molecule has 0 saturated carbocycles. The Morgan fingerprint density at radius 2 is 2.10 bits per heavy atom. The second-order valence-corrected chi connectivity index (χ2v) is 5.70. The maximum absolute atomic E-state index is 12.4. The molecule has 2 heterocycles. The van der Waals surface area contributed by atoms with Crippen molar-refractivity contribution in [2.45, 2.75) is 18.9 Å². The van der Waals surface area contributed by atoms with Gasteiger partial charge in [0.05, 0.1) is 10.6 Å². The first kappa shape index (κ1) is 15.1. The summed E-state index contributed by atoms with van der Waals surface area (Å²) >= 11 is 6.07. The van der Waals surface area contributed by atoms with Gasteiger partial charge < -0.3 is 15.1 Å². The second kappa shape index (κ2) is 6.41. The molecule has 0 spiro atoms. The van der Waals surface area contributed by atoms with E-state index in [0.717, 1.165) is 25.9 Å². The van der Waals surface area contributed by atoms with E-state index in [1.54, 1.807) is 19.3 Å². The van der Waals surface area contributed by atoms with Crippen molar-refractivity contribution in [3.8, 4) is 0 Å². The summed E-state index contributed by atoms with van der Waals surface area (Å²) < 4.78 is 0. The molecule has 0 atom stereocenters. The second-order valence-electron chi connectivity index (χ2n) is 5.29. The van der Waals surface area contributed by atoms with Crippen LogP contribution in [0.15, 0.2) is 12.3 Å². The van der Waals surface area contributed by atoms with Crippen molar-refractivity contribution in [3.63, 3.8) is 0 Å². The Morgan fingerprint density at radius 3 is 2.60 bits per heavy atom. The summed E-state index contributed by atoms with van der Waals surface area (Å²) in [6, 6.07) is 2.24. The maximum Gasteiger partial charge on any atom is 0.255 e. The molecular weight excluding hydrogens is 276 g/mol. The number of hydrogen-bond donors (Lipinski definition) is 1. The van der Waals surface area contributed by atoms with E-state index in [9.17, 15) is 4.79 Å². The van der Waals surface area contributed by atoms with Crippen molar-refractivity contribution in [1.82, 2.24) is 14.8 Å². The molecule has 0 bridgehead atoms.